The topological polar surface area (TPSA) is 75.7 Å². The molecule has 184 valence electrons. The van der Waals surface area contributed by atoms with Gasteiger partial charge in [-0.3, -0.25) is 19.3 Å². The van der Waals surface area contributed by atoms with E-state index in [1.165, 1.54) is 0 Å². The highest BCUT2D eigenvalue weighted by Gasteiger charge is 2.36. The van der Waals surface area contributed by atoms with Crippen molar-refractivity contribution in [2.75, 3.05) is 11.9 Å². The number of para-hydroxylation sites is 1. The van der Waals surface area contributed by atoms with Crippen LogP contribution in [0.2, 0.25) is 5.02 Å². The number of amides is 3. The summed E-state index contributed by atoms with van der Waals surface area (Å²) in [4.78, 5) is 39.4. The normalized spacial score (nSPS) is 14.4. The van der Waals surface area contributed by atoms with Crippen LogP contribution in [0.5, 0.6) is 5.75 Å². The maximum absolute atomic E-state index is 13.0. The number of hydrogen-bond donors (Lipinski definition) is 1. The van der Waals surface area contributed by atoms with Gasteiger partial charge in [-0.15, -0.1) is 0 Å². The Labute approximate surface area is 226 Å². The minimum absolute atomic E-state index is 0.209. The van der Waals surface area contributed by atoms with Gasteiger partial charge in [0.15, 0.2) is 0 Å². The van der Waals surface area contributed by atoms with Gasteiger partial charge >= 0.3 is 0 Å². The van der Waals surface area contributed by atoms with Crippen LogP contribution in [0.4, 0.5) is 10.5 Å². The number of hydrogen-bond acceptors (Lipinski definition) is 5. The maximum atomic E-state index is 13.0. The van der Waals surface area contributed by atoms with Gasteiger partial charge in [-0.25, -0.2) is 0 Å². The molecule has 0 saturated carbocycles. The number of rotatable bonds is 7. The van der Waals surface area contributed by atoms with E-state index in [1.54, 1.807) is 24.3 Å². The predicted octanol–water partition coefficient (Wildman–Crippen LogP) is 6.97. The molecule has 0 bridgehead atoms. The van der Waals surface area contributed by atoms with Gasteiger partial charge in [-0.1, -0.05) is 63.9 Å². The van der Waals surface area contributed by atoms with Crippen LogP contribution in [-0.4, -0.2) is 28.5 Å². The van der Waals surface area contributed by atoms with Crippen molar-refractivity contribution in [3.63, 3.8) is 0 Å². The van der Waals surface area contributed by atoms with Gasteiger partial charge in [-0.05, 0) is 67.1 Å². The molecule has 1 heterocycles. The Hall–Kier alpha value is -3.07. The van der Waals surface area contributed by atoms with Gasteiger partial charge in [0.25, 0.3) is 11.1 Å². The quantitative estimate of drug-likeness (QED) is 0.303. The number of aryl methyl sites for hydroxylation is 2. The Balaban J connectivity index is 1.50. The number of carbonyl (C=O) groups is 3. The first kappa shape index (κ1) is 26.0. The van der Waals surface area contributed by atoms with Crippen LogP contribution in [0.15, 0.2) is 70.0 Å². The molecule has 3 aromatic carbocycles. The first-order chi connectivity index (χ1) is 17.2. The largest absolute Gasteiger partial charge is 0.488 e. The van der Waals surface area contributed by atoms with Gasteiger partial charge in [0.05, 0.1) is 4.91 Å². The van der Waals surface area contributed by atoms with E-state index in [1.807, 2.05) is 56.3 Å². The lowest BCUT2D eigenvalue weighted by molar-refractivity contribution is -0.127. The van der Waals surface area contributed by atoms with Crippen molar-refractivity contribution in [3.05, 3.63) is 97.3 Å². The van der Waals surface area contributed by atoms with Crippen LogP contribution in [0.25, 0.3) is 6.08 Å². The predicted molar refractivity (Wildman–Crippen MR) is 147 cm³/mol. The van der Waals surface area contributed by atoms with Gasteiger partial charge < -0.3 is 10.1 Å². The summed E-state index contributed by atoms with van der Waals surface area (Å²) in [5, 5.41) is 2.90. The third kappa shape index (κ3) is 6.00. The molecule has 1 N–H and O–H groups in total. The molecule has 6 nitrogen and oxygen atoms in total. The molecule has 0 aromatic heterocycles. The standard InChI is InChI=1S/C27H22BrClN2O4S/c1-16-6-5-7-17(2)25(16)30-24(32)14-31-26(33)23(36-27(31)34)13-19-12-20(28)10-11-22(19)35-15-18-8-3-4-9-21(18)29/h3-13H,14-15H2,1-2H3,(H,30,32)/b23-13+. The first-order valence-electron chi connectivity index (χ1n) is 11.0. The molecule has 1 aliphatic rings. The number of imide groups is 1. The van der Waals surface area contributed by atoms with E-state index < -0.39 is 17.1 Å². The molecule has 1 fully saturated rings. The fourth-order valence-corrected chi connectivity index (χ4v) is 5.04. The van der Waals surface area contributed by atoms with Crippen LogP contribution in [-0.2, 0) is 16.2 Å². The van der Waals surface area contributed by atoms with Gasteiger partial charge in [0.1, 0.15) is 18.9 Å². The third-order valence-electron chi connectivity index (χ3n) is 5.52. The number of ether oxygens (including phenoxy) is 1. The van der Waals surface area contributed by atoms with Crippen LogP contribution in [0.3, 0.4) is 0 Å². The molecule has 0 spiro atoms. The third-order valence-corrected chi connectivity index (χ3v) is 7.29. The zero-order valence-electron chi connectivity index (χ0n) is 19.5. The van der Waals surface area contributed by atoms with Crippen molar-refractivity contribution in [3.8, 4) is 5.75 Å². The fourth-order valence-electron chi connectivity index (χ4n) is 3.65. The average molecular weight is 586 g/mol. The van der Waals surface area contributed by atoms with Crippen molar-refractivity contribution >= 4 is 68.1 Å². The number of nitrogens with one attached hydrogen (secondary N) is 1. The molecule has 0 atom stereocenters. The van der Waals surface area contributed by atoms with Crippen LogP contribution < -0.4 is 10.1 Å². The van der Waals surface area contributed by atoms with Gasteiger partial charge in [0, 0.05) is 26.3 Å². The minimum Gasteiger partial charge on any atom is -0.488 e. The molecular weight excluding hydrogens is 564 g/mol. The van der Waals surface area contributed by atoms with E-state index in [9.17, 15) is 14.4 Å². The average Bonchev–Trinajstić information content (AvgIpc) is 3.09. The molecule has 4 rings (SSSR count). The molecule has 3 aromatic rings. The number of thioether (sulfide) groups is 1. The zero-order valence-corrected chi connectivity index (χ0v) is 22.7. The second-order valence-electron chi connectivity index (χ2n) is 8.15. The summed E-state index contributed by atoms with van der Waals surface area (Å²) in [6, 6.07) is 18.4. The number of anilines is 1. The number of halogens is 2. The Bertz CT molecular complexity index is 1370. The van der Waals surface area contributed by atoms with E-state index >= 15 is 0 Å². The van der Waals surface area contributed by atoms with E-state index in [2.05, 4.69) is 21.2 Å². The van der Waals surface area contributed by atoms with Crippen molar-refractivity contribution < 1.29 is 19.1 Å². The SMILES string of the molecule is Cc1cccc(C)c1NC(=O)CN1C(=O)S/C(=C/c2cc(Br)ccc2OCc2ccccc2Cl)C1=O. The highest BCUT2D eigenvalue weighted by atomic mass is 79.9. The number of benzene rings is 3. The summed E-state index contributed by atoms with van der Waals surface area (Å²) < 4.78 is 6.76. The lowest BCUT2D eigenvalue weighted by Gasteiger charge is -2.15. The molecule has 1 aliphatic heterocycles. The first-order valence-corrected chi connectivity index (χ1v) is 13.0. The van der Waals surface area contributed by atoms with Crippen molar-refractivity contribution in [1.82, 2.24) is 4.90 Å². The molecule has 36 heavy (non-hydrogen) atoms. The summed E-state index contributed by atoms with van der Waals surface area (Å²) in [5.41, 5.74) is 3.91. The highest BCUT2D eigenvalue weighted by molar-refractivity contribution is 9.10. The van der Waals surface area contributed by atoms with Gasteiger partial charge in [-0.2, -0.15) is 0 Å². The fraction of sp³-hybridized carbons (Fsp3) is 0.148. The van der Waals surface area contributed by atoms with E-state index in [0.717, 1.165) is 37.8 Å². The maximum Gasteiger partial charge on any atom is 0.294 e. The molecule has 1 saturated heterocycles. The second-order valence-corrected chi connectivity index (χ2v) is 10.5. The Morgan fingerprint density at radius 2 is 1.81 bits per heavy atom. The van der Waals surface area contributed by atoms with E-state index in [-0.39, 0.29) is 18.1 Å². The molecule has 0 aliphatic carbocycles. The lowest BCUT2D eigenvalue weighted by Crippen LogP contribution is -2.36. The Kier molecular flexibility index (Phi) is 8.18. The summed E-state index contributed by atoms with van der Waals surface area (Å²) in [7, 11) is 0. The molecule has 0 radical (unpaired) electrons. The minimum atomic E-state index is -0.529. The van der Waals surface area contributed by atoms with Crippen LogP contribution in [0, 0.1) is 13.8 Å². The molecule has 0 unspecified atom stereocenters. The van der Waals surface area contributed by atoms with E-state index in [4.69, 9.17) is 16.3 Å². The monoisotopic (exact) mass is 584 g/mol. The smallest absolute Gasteiger partial charge is 0.294 e. The lowest BCUT2D eigenvalue weighted by atomic mass is 10.1. The number of nitrogens with zero attached hydrogens (tertiary/aromatic N) is 1. The van der Waals surface area contributed by atoms with E-state index in [0.29, 0.717) is 22.0 Å². The molecule has 3 amide bonds. The number of carbonyl (C=O) groups excluding carboxylic acids is 3. The molecule has 9 heteroatoms. The zero-order chi connectivity index (χ0) is 25.8. The van der Waals surface area contributed by atoms with Crippen LogP contribution >= 0.6 is 39.3 Å². The Morgan fingerprint density at radius 1 is 1.08 bits per heavy atom. The summed E-state index contributed by atoms with van der Waals surface area (Å²) in [5.74, 6) is -0.446. The van der Waals surface area contributed by atoms with Crippen molar-refractivity contribution in [2.24, 2.45) is 0 Å². The van der Waals surface area contributed by atoms with Crippen LogP contribution in [0.1, 0.15) is 22.3 Å². The van der Waals surface area contributed by atoms with Crippen molar-refractivity contribution in [2.45, 2.75) is 20.5 Å². The summed E-state index contributed by atoms with van der Waals surface area (Å²) in [6.45, 7) is 3.63. The van der Waals surface area contributed by atoms with Gasteiger partial charge in [0.2, 0.25) is 5.91 Å². The van der Waals surface area contributed by atoms with Crippen molar-refractivity contribution in [1.29, 1.82) is 0 Å². The Morgan fingerprint density at radius 3 is 2.53 bits per heavy atom. The highest BCUT2D eigenvalue weighted by Crippen LogP contribution is 2.35. The second kappa shape index (κ2) is 11.3. The summed E-state index contributed by atoms with van der Waals surface area (Å²) >= 11 is 10.5. The summed E-state index contributed by atoms with van der Waals surface area (Å²) in [6.07, 6.45) is 1.60. The molecular formula is C27H22BrClN2O4S.